The zero-order valence-corrected chi connectivity index (χ0v) is 11.3. The van der Waals surface area contributed by atoms with Crippen molar-refractivity contribution in [2.75, 3.05) is 0 Å². The van der Waals surface area contributed by atoms with Crippen molar-refractivity contribution in [3.05, 3.63) is 12.3 Å². The van der Waals surface area contributed by atoms with E-state index >= 15 is 0 Å². The normalized spacial score (nSPS) is 9.83. The number of carbonyl (C=O) groups is 3. The molecule has 5 heteroatoms. The van der Waals surface area contributed by atoms with Crippen LogP contribution in [0.3, 0.4) is 0 Å². The van der Waals surface area contributed by atoms with Gasteiger partial charge in [-0.1, -0.05) is 6.58 Å². The van der Waals surface area contributed by atoms with Gasteiger partial charge in [0, 0.05) is 13.8 Å². The lowest BCUT2D eigenvalue weighted by atomic mass is 10.2. The molecule has 0 N–H and O–H groups in total. The van der Waals surface area contributed by atoms with Crippen molar-refractivity contribution >= 4 is 17.8 Å². The van der Waals surface area contributed by atoms with Crippen LogP contribution in [0, 0.1) is 11.8 Å². The summed E-state index contributed by atoms with van der Waals surface area (Å²) in [5.74, 6) is 3.59. The van der Waals surface area contributed by atoms with Crippen LogP contribution in [-0.4, -0.2) is 28.3 Å². The Morgan fingerprint density at radius 3 is 1.94 bits per heavy atom. The van der Waals surface area contributed by atoms with Crippen LogP contribution in [-0.2, 0) is 14.3 Å². The van der Waals surface area contributed by atoms with Crippen molar-refractivity contribution in [2.24, 2.45) is 0 Å². The summed E-state index contributed by atoms with van der Waals surface area (Å²) in [5.41, 5.74) is -0.828. The van der Waals surface area contributed by atoms with Crippen molar-refractivity contribution in [1.82, 2.24) is 4.90 Å². The molecule has 0 atom stereocenters. The van der Waals surface area contributed by atoms with E-state index in [1.54, 1.807) is 20.8 Å². The van der Waals surface area contributed by atoms with Crippen LogP contribution in [0.2, 0.25) is 0 Å². The molecule has 2 amide bonds. The molecule has 0 unspecified atom stereocenters. The Balaban J connectivity index is 5.06. The highest BCUT2D eigenvalue weighted by Gasteiger charge is 2.26. The lowest BCUT2D eigenvalue weighted by molar-refractivity contribution is -0.126. The molecule has 0 radical (unpaired) electrons. The third kappa shape index (κ3) is 5.85. The smallest absolute Gasteiger partial charge is 0.422 e. The van der Waals surface area contributed by atoms with Crippen molar-refractivity contribution in [1.29, 1.82) is 0 Å². The lowest BCUT2D eigenvalue weighted by Crippen LogP contribution is -2.38. The molecule has 0 saturated heterocycles. The Labute approximate surface area is 107 Å². The van der Waals surface area contributed by atoms with Crippen molar-refractivity contribution in [3.63, 3.8) is 0 Å². The second-order valence-corrected chi connectivity index (χ2v) is 4.59. The Morgan fingerprint density at radius 2 is 1.61 bits per heavy atom. The second kappa shape index (κ2) is 6.01. The van der Waals surface area contributed by atoms with Gasteiger partial charge in [0.2, 0.25) is 11.7 Å². The van der Waals surface area contributed by atoms with Gasteiger partial charge in [0.15, 0.2) is 0 Å². The average molecular weight is 251 g/mol. The Kier molecular flexibility index (Phi) is 5.31. The van der Waals surface area contributed by atoms with E-state index in [-0.39, 0.29) is 11.5 Å². The Bertz CT molecular complexity index is 446. The van der Waals surface area contributed by atoms with Gasteiger partial charge in [-0.25, -0.2) is 9.69 Å². The van der Waals surface area contributed by atoms with Gasteiger partial charge in [-0.05, 0) is 32.6 Å². The minimum atomic E-state index is -0.863. The van der Waals surface area contributed by atoms with Gasteiger partial charge in [-0.15, -0.1) is 0 Å². The molecule has 0 aromatic heterocycles. The van der Waals surface area contributed by atoms with Crippen LogP contribution in [0.1, 0.15) is 34.6 Å². The molecule has 0 fully saturated rings. The largest absolute Gasteiger partial charge is 0.443 e. The summed E-state index contributed by atoms with van der Waals surface area (Å²) >= 11 is 0. The van der Waals surface area contributed by atoms with Crippen LogP contribution in [0.5, 0.6) is 0 Å². The molecule has 0 saturated carbocycles. The third-order valence-corrected chi connectivity index (χ3v) is 1.54. The summed E-state index contributed by atoms with van der Waals surface area (Å²) in [4.78, 5) is 34.5. The quantitative estimate of drug-likeness (QED) is 0.527. The SMILES string of the molecule is C=C(C#CC(C)=O)N(C(C)=O)C(=O)OC(C)(C)C. The van der Waals surface area contributed by atoms with Gasteiger partial charge in [0.25, 0.3) is 0 Å². The molecule has 0 aliphatic rings. The van der Waals surface area contributed by atoms with E-state index in [0.717, 1.165) is 0 Å². The first-order valence-corrected chi connectivity index (χ1v) is 5.29. The second-order valence-electron chi connectivity index (χ2n) is 4.59. The number of hydrogen-bond donors (Lipinski definition) is 0. The first-order valence-electron chi connectivity index (χ1n) is 5.29. The van der Waals surface area contributed by atoms with Crippen LogP contribution in [0.25, 0.3) is 0 Å². The van der Waals surface area contributed by atoms with Crippen LogP contribution >= 0.6 is 0 Å². The number of imide groups is 1. The number of hydrogen-bond acceptors (Lipinski definition) is 4. The number of carbonyl (C=O) groups excluding carboxylic acids is 3. The Hall–Kier alpha value is -2.09. The molecule has 0 bridgehead atoms. The van der Waals surface area contributed by atoms with Crippen molar-refractivity contribution in [2.45, 2.75) is 40.2 Å². The van der Waals surface area contributed by atoms with Crippen molar-refractivity contribution < 1.29 is 19.1 Å². The predicted octanol–water partition coefficient (Wildman–Crippen LogP) is 1.88. The highest BCUT2D eigenvalue weighted by Crippen LogP contribution is 2.12. The molecule has 0 aliphatic carbocycles. The first-order chi connectivity index (χ1) is 8.04. The highest BCUT2D eigenvalue weighted by molar-refractivity contribution is 5.96. The average Bonchev–Trinajstić information content (AvgIpc) is 2.10. The maximum absolute atomic E-state index is 11.8. The van der Waals surface area contributed by atoms with Gasteiger partial charge < -0.3 is 4.74 Å². The summed E-state index contributed by atoms with van der Waals surface area (Å²) in [6.07, 6.45) is -0.863. The number of ketones is 1. The number of nitrogens with zero attached hydrogens (tertiary/aromatic N) is 1. The Morgan fingerprint density at radius 1 is 1.11 bits per heavy atom. The zero-order chi connectivity index (χ0) is 14.5. The molecule has 5 nitrogen and oxygen atoms in total. The van der Waals surface area contributed by atoms with E-state index in [2.05, 4.69) is 18.4 Å². The summed E-state index contributed by atoms with van der Waals surface area (Å²) < 4.78 is 5.04. The fraction of sp³-hybridized carbons (Fsp3) is 0.462. The minimum Gasteiger partial charge on any atom is -0.443 e. The summed E-state index contributed by atoms with van der Waals surface area (Å²) in [7, 11) is 0. The molecule has 0 aliphatic heterocycles. The summed E-state index contributed by atoms with van der Waals surface area (Å²) in [5, 5.41) is 0. The first kappa shape index (κ1) is 15.9. The number of Topliss-reactive ketones (excluding diaryl/α,β-unsaturated/α-hetero) is 1. The van der Waals surface area contributed by atoms with Crippen LogP contribution in [0.4, 0.5) is 4.79 Å². The molecular formula is C13H17NO4. The third-order valence-electron chi connectivity index (χ3n) is 1.54. The highest BCUT2D eigenvalue weighted by atomic mass is 16.6. The minimum absolute atomic E-state index is 0.0908. The molecule has 0 spiro atoms. The monoisotopic (exact) mass is 251 g/mol. The van der Waals surface area contributed by atoms with Gasteiger partial charge in [0.05, 0.1) is 5.70 Å². The molecular weight excluding hydrogens is 234 g/mol. The molecule has 18 heavy (non-hydrogen) atoms. The van der Waals surface area contributed by atoms with E-state index in [1.807, 2.05) is 0 Å². The molecule has 0 aromatic carbocycles. The molecule has 0 heterocycles. The van der Waals surface area contributed by atoms with Crippen molar-refractivity contribution in [3.8, 4) is 11.8 Å². The fourth-order valence-electron chi connectivity index (χ4n) is 0.952. The maximum Gasteiger partial charge on any atom is 0.422 e. The standard InChI is InChI=1S/C13H17NO4/c1-9(7-8-10(2)15)14(11(3)16)12(17)18-13(4,5)6/h1H2,2-6H3. The van der Waals surface area contributed by atoms with E-state index in [0.29, 0.717) is 4.90 Å². The van der Waals surface area contributed by atoms with E-state index in [1.165, 1.54) is 13.8 Å². The van der Waals surface area contributed by atoms with Crippen LogP contribution in [0.15, 0.2) is 12.3 Å². The molecule has 98 valence electrons. The van der Waals surface area contributed by atoms with Gasteiger partial charge in [0.1, 0.15) is 5.60 Å². The van der Waals surface area contributed by atoms with E-state index in [9.17, 15) is 14.4 Å². The number of rotatable bonds is 1. The van der Waals surface area contributed by atoms with Crippen LogP contribution < -0.4 is 0 Å². The zero-order valence-electron chi connectivity index (χ0n) is 11.3. The summed E-state index contributed by atoms with van der Waals surface area (Å²) in [6, 6.07) is 0. The number of ether oxygens (including phenoxy) is 1. The lowest BCUT2D eigenvalue weighted by Gasteiger charge is -2.24. The number of allylic oxidation sites excluding steroid dienone is 1. The van der Waals surface area contributed by atoms with Gasteiger partial charge in [-0.3, -0.25) is 9.59 Å². The van der Waals surface area contributed by atoms with Gasteiger partial charge in [-0.2, -0.15) is 0 Å². The fourth-order valence-corrected chi connectivity index (χ4v) is 0.952. The number of amides is 2. The topological polar surface area (TPSA) is 63.7 Å². The predicted molar refractivity (Wildman–Crippen MR) is 66.4 cm³/mol. The van der Waals surface area contributed by atoms with E-state index in [4.69, 9.17) is 4.74 Å². The summed E-state index contributed by atoms with van der Waals surface area (Å²) in [6.45, 7) is 11.0. The molecule has 0 aromatic rings. The maximum atomic E-state index is 11.8. The van der Waals surface area contributed by atoms with E-state index < -0.39 is 17.6 Å². The van der Waals surface area contributed by atoms with Gasteiger partial charge >= 0.3 is 6.09 Å². The molecule has 0 rings (SSSR count).